The van der Waals surface area contributed by atoms with Crippen LogP contribution < -0.4 is 0 Å². The highest BCUT2D eigenvalue weighted by atomic mass is 32.2. The van der Waals surface area contributed by atoms with Crippen molar-refractivity contribution in [3.8, 4) is 16.9 Å². The number of hydrogen-bond acceptors (Lipinski definition) is 6. The van der Waals surface area contributed by atoms with Gasteiger partial charge in [0.05, 0.1) is 47.5 Å². The lowest BCUT2D eigenvalue weighted by atomic mass is 10.0. The van der Waals surface area contributed by atoms with E-state index < -0.39 is 9.84 Å². The minimum Gasteiger partial charge on any atom is -0.392 e. The number of aliphatic hydroxyl groups excluding tert-OH is 1. The lowest BCUT2D eigenvalue weighted by molar-refractivity contribution is 0.0335. The van der Waals surface area contributed by atoms with Gasteiger partial charge in [0.25, 0.3) is 0 Å². The third kappa shape index (κ3) is 3.35. The van der Waals surface area contributed by atoms with Crippen LogP contribution in [0.4, 0.5) is 0 Å². The van der Waals surface area contributed by atoms with E-state index >= 15 is 0 Å². The van der Waals surface area contributed by atoms with Gasteiger partial charge in [0.15, 0.2) is 9.84 Å². The summed E-state index contributed by atoms with van der Waals surface area (Å²) in [6.45, 7) is 3.44. The highest BCUT2D eigenvalue weighted by Crippen LogP contribution is 2.40. The molecule has 2 aliphatic rings. The van der Waals surface area contributed by atoms with Gasteiger partial charge in [-0.05, 0) is 23.8 Å². The van der Waals surface area contributed by atoms with Crippen molar-refractivity contribution in [1.29, 1.82) is 0 Å². The van der Waals surface area contributed by atoms with Crippen LogP contribution in [0.2, 0.25) is 0 Å². The fraction of sp³-hybridized carbons (Fsp3) is 0.318. The van der Waals surface area contributed by atoms with Crippen molar-refractivity contribution in [2.75, 3.05) is 26.3 Å². The minimum absolute atomic E-state index is 0.0568. The van der Waals surface area contributed by atoms with E-state index in [1.165, 1.54) is 0 Å². The van der Waals surface area contributed by atoms with Gasteiger partial charge in [0, 0.05) is 30.8 Å². The number of rotatable bonds is 4. The van der Waals surface area contributed by atoms with Crippen LogP contribution in [-0.4, -0.2) is 54.5 Å². The van der Waals surface area contributed by atoms with E-state index in [0.29, 0.717) is 30.2 Å². The SMILES string of the molecule is O=S1(=O)Cc2c(CN3CCOCC3)nn(-c3cccc(CO)c3)c2-c2ccccc21. The van der Waals surface area contributed by atoms with Crippen molar-refractivity contribution in [2.24, 2.45) is 0 Å². The molecule has 0 amide bonds. The van der Waals surface area contributed by atoms with Gasteiger partial charge in [0.1, 0.15) is 0 Å². The first-order valence-corrected chi connectivity index (χ1v) is 11.7. The summed E-state index contributed by atoms with van der Waals surface area (Å²) in [7, 11) is -3.44. The Labute approximate surface area is 175 Å². The van der Waals surface area contributed by atoms with E-state index in [2.05, 4.69) is 4.90 Å². The molecule has 0 aliphatic carbocycles. The summed E-state index contributed by atoms with van der Waals surface area (Å²) in [5, 5.41) is 14.5. The standard InChI is InChI=1S/C22H23N3O4S/c26-14-16-4-3-5-17(12-16)25-22-18-6-1-2-7-21(18)30(27,28)15-19(22)20(23-25)13-24-8-10-29-11-9-24/h1-7,12,26H,8-11,13-15H2. The Morgan fingerprint density at radius 3 is 2.67 bits per heavy atom. The highest BCUT2D eigenvalue weighted by Gasteiger charge is 2.34. The van der Waals surface area contributed by atoms with Crippen molar-refractivity contribution in [3.05, 3.63) is 65.4 Å². The molecule has 3 aromatic rings. The monoisotopic (exact) mass is 425 g/mol. The van der Waals surface area contributed by atoms with Gasteiger partial charge in [-0.15, -0.1) is 0 Å². The summed E-state index contributed by atoms with van der Waals surface area (Å²) in [4.78, 5) is 2.59. The number of fused-ring (bicyclic) bond motifs is 3. The Balaban J connectivity index is 1.70. The van der Waals surface area contributed by atoms with Crippen LogP contribution in [0.5, 0.6) is 0 Å². The second-order valence-electron chi connectivity index (χ2n) is 7.66. The Morgan fingerprint density at radius 2 is 1.87 bits per heavy atom. The molecule has 0 unspecified atom stereocenters. The van der Waals surface area contributed by atoms with Crippen molar-refractivity contribution in [2.45, 2.75) is 23.8 Å². The molecule has 0 atom stereocenters. The molecule has 3 heterocycles. The maximum atomic E-state index is 13.0. The Kier molecular flexibility index (Phi) is 4.94. The normalized spacial score (nSPS) is 18.0. The largest absolute Gasteiger partial charge is 0.392 e. The first-order valence-electron chi connectivity index (χ1n) is 10.00. The van der Waals surface area contributed by atoms with Crippen LogP contribution in [0, 0.1) is 0 Å². The summed E-state index contributed by atoms with van der Waals surface area (Å²) < 4.78 is 33.3. The first kappa shape index (κ1) is 19.4. The van der Waals surface area contributed by atoms with Crippen molar-refractivity contribution < 1.29 is 18.3 Å². The summed E-state index contributed by atoms with van der Waals surface area (Å²) >= 11 is 0. The number of sulfone groups is 1. The minimum atomic E-state index is -3.44. The van der Waals surface area contributed by atoms with Crippen LogP contribution >= 0.6 is 0 Å². The summed E-state index contributed by atoms with van der Waals surface area (Å²) in [5.41, 5.74) is 4.62. The van der Waals surface area contributed by atoms with Crippen LogP contribution in [0.1, 0.15) is 16.8 Å². The Hall–Kier alpha value is -2.52. The third-order valence-corrected chi connectivity index (χ3v) is 7.39. The van der Waals surface area contributed by atoms with E-state index in [1.54, 1.807) is 12.1 Å². The van der Waals surface area contributed by atoms with Crippen LogP contribution in [0.3, 0.4) is 0 Å². The predicted octanol–water partition coefficient (Wildman–Crippen LogP) is 2.15. The molecule has 0 bridgehead atoms. The highest BCUT2D eigenvalue weighted by molar-refractivity contribution is 7.90. The number of nitrogens with zero attached hydrogens (tertiary/aromatic N) is 3. The summed E-state index contributed by atoms with van der Waals surface area (Å²) in [6, 6.07) is 14.7. The lowest BCUT2D eigenvalue weighted by Gasteiger charge is -2.26. The van der Waals surface area contributed by atoms with Crippen molar-refractivity contribution in [3.63, 3.8) is 0 Å². The first-order chi connectivity index (χ1) is 14.6. The number of benzene rings is 2. The molecule has 0 saturated carbocycles. The van der Waals surface area contributed by atoms with Gasteiger partial charge in [0.2, 0.25) is 0 Å². The topological polar surface area (TPSA) is 84.7 Å². The molecule has 156 valence electrons. The number of aromatic nitrogens is 2. The molecule has 5 rings (SSSR count). The quantitative estimate of drug-likeness (QED) is 0.690. The maximum absolute atomic E-state index is 13.0. The molecule has 0 spiro atoms. The third-order valence-electron chi connectivity index (χ3n) is 5.69. The van der Waals surface area contributed by atoms with Gasteiger partial charge in [-0.1, -0.05) is 30.3 Å². The second kappa shape index (κ2) is 7.63. The average Bonchev–Trinajstić information content (AvgIpc) is 3.12. The fourth-order valence-corrected chi connectivity index (χ4v) is 5.82. The smallest absolute Gasteiger partial charge is 0.183 e. The van der Waals surface area contributed by atoms with Gasteiger partial charge in [-0.25, -0.2) is 13.1 Å². The molecule has 2 aromatic carbocycles. The zero-order chi connectivity index (χ0) is 20.7. The van der Waals surface area contributed by atoms with Crippen LogP contribution in [-0.2, 0) is 33.5 Å². The van der Waals surface area contributed by atoms with E-state index in [-0.39, 0.29) is 12.4 Å². The maximum Gasteiger partial charge on any atom is 0.183 e. The number of hydrogen-bond donors (Lipinski definition) is 1. The van der Waals surface area contributed by atoms with Crippen molar-refractivity contribution in [1.82, 2.24) is 14.7 Å². The van der Waals surface area contributed by atoms with Gasteiger partial charge in [-0.2, -0.15) is 5.10 Å². The average molecular weight is 426 g/mol. The zero-order valence-corrected chi connectivity index (χ0v) is 17.3. The van der Waals surface area contributed by atoms with E-state index in [0.717, 1.165) is 41.3 Å². The molecule has 1 fully saturated rings. The molecule has 0 radical (unpaired) electrons. The van der Waals surface area contributed by atoms with E-state index in [1.807, 2.05) is 41.1 Å². The van der Waals surface area contributed by atoms with E-state index in [4.69, 9.17) is 9.84 Å². The van der Waals surface area contributed by atoms with Crippen LogP contribution in [0.15, 0.2) is 53.4 Å². The van der Waals surface area contributed by atoms with Crippen LogP contribution in [0.25, 0.3) is 16.9 Å². The molecular weight excluding hydrogens is 402 g/mol. The number of morpholine rings is 1. The predicted molar refractivity (Wildman–Crippen MR) is 112 cm³/mol. The van der Waals surface area contributed by atoms with E-state index in [9.17, 15) is 13.5 Å². The molecule has 8 heteroatoms. The lowest BCUT2D eigenvalue weighted by Crippen LogP contribution is -2.36. The molecule has 1 N–H and O–H groups in total. The molecule has 1 aromatic heterocycles. The number of aliphatic hydroxyl groups is 1. The van der Waals surface area contributed by atoms with Gasteiger partial charge in [-0.3, -0.25) is 4.90 Å². The second-order valence-corrected chi connectivity index (χ2v) is 9.62. The van der Waals surface area contributed by atoms with Crippen molar-refractivity contribution >= 4 is 9.84 Å². The Bertz CT molecular complexity index is 1200. The fourth-order valence-electron chi connectivity index (χ4n) is 4.20. The zero-order valence-electron chi connectivity index (χ0n) is 16.5. The van der Waals surface area contributed by atoms with Gasteiger partial charge < -0.3 is 9.84 Å². The number of ether oxygens (including phenoxy) is 1. The molecular formula is C22H23N3O4S. The summed E-state index contributed by atoms with van der Waals surface area (Å²) in [6.07, 6.45) is 0. The summed E-state index contributed by atoms with van der Waals surface area (Å²) in [5.74, 6) is -0.0568. The molecule has 2 aliphatic heterocycles. The molecule has 7 nitrogen and oxygen atoms in total. The Morgan fingerprint density at radius 1 is 1.07 bits per heavy atom. The molecule has 30 heavy (non-hydrogen) atoms. The van der Waals surface area contributed by atoms with Gasteiger partial charge >= 0.3 is 0 Å². The molecule has 1 saturated heterocycles.